The summed E-state index contributed by atoms with van der Waals surface area (Å²) >= 11 is 5.85. The van der Waals surface area contributed by atoms with E-state index in [-0.39, 0.29) is 12.0 Å². The van der Waals surface area contributed by atoms with Crippen molar-refractivity contribution in [3.63, 3.8) is 0 Å². The van der Waals surface area contributed by atoms with Crippen molar-refractivity contribution in [3.05, 3.63) is 34.9 Å². The van der Waals surface area contributed by atoms with E-state index in [0.29, 0.717) is 0 Å². The van der Waals surface area contributed by atoms with E-state index in [1.807, 2.05) is 24.3 Å². The zero-order valence-corrected chi connectivity index (χ0v) is 11.7. The predicted octanol–water partition coefficient (Wildman–Crippen LogP) is 3.18. The van der Waals surface area contributed by atoms with Gasteiger partial charge in [0.05, 0.1) is 0 Å². The summed E-state index contributed by atoms with van der Waals surface area (Å²) in [4.78, 5) is 2.24. The molecule has 0 saturated heterocycles. The van der Waals surface area contributed by atoms with Crippen LogP contribution in [0.3, 0.4) is 0 Å². The highest BCUT2D eigenvalue weighted by Crippen LogP contribution is 2.22. The lowest BCUT2D eigenvalue weighted by Crippen LogP contribution is -2.35. The summed E-state index contributed by atoms with van der Waals surface area (Å²) in [6.07, 6.45) is 0.981. The Morgan fingerprint density at radius 3 is 2.35 bits per heavy atom. The molecule has 3 heteroatoms. The van der Waals surface area contributed by atoms with Gasteiger partial charge in [-0.25, -0.2) is 0 Å². The SMILES string of the molecule is CCC(C)(CO)CN(C)Cc1ccc(Cl)cc1. The molecule has 1 atom stereocenters. The number of nitrogens with zero attached hydrogens (tertiary/aromatic N) is 1. The Bertz CT molecular complexity index is 333. The van der Waals surface area contributed by atoms with Crippen molar-refractivity contribution in [3.8, 4) is 0 Å². The van der Waals surface area contributed by atoms with E-state index in [1.165, 1.54) is 5.56 Å². The Hall–Kier alpha value is -0.570. The van der Waals surface area contributed by atoms with Gasteiger partial charge in [-0.1, -0.05) is 37.6 Å². The summed E-state index contributed by atoms with van der Waals surface area (Å²) < 4.78 is 0. The van der Waals surface area contributed by atoms with Gasteiger partial charge < -0.3 is 10.0 Å². The lowest BCUT2D eigenvalue weighted by molar-refractivity contribution is 0.0930. The van der Waals surface area contributed by atoms with Crippen LogP contribution in [0.5, 0.6) is 0 Å². The molecule has 0 bridgehead atoms. The minimum Gasteiger partial charge on any atom is -0.396 e. The van der Waals surface area contributed by atoms with Crippen LogP contribution in [0.4, 0.5) is 0 Å². The molecule has 0 radical (unpaired) electrons. The molecule has 1 aromatic carbocycles. The Morgan fingerprint density at radius 2 is 1.88 bits per heavy atom. The minimum absolute atomic E-state index is 0.0127. The van der Waals surface area contributed by atoms with Gasteiger partial charge in [-0.15, -0.1) is 0 Å². The van der Waals surface area contributed by atoms with Gasteiger partial charge in [0.1, 0.15) is 0 Å². The average Bonchev–Trinajstić information content (AvgIpc) is 2.32. The molecule has 0 aliphatic heterocycles. The third-order valence-corrected chi connectivity index (χ3v) is 3.50. The number of benzene rings is 1. The molecule has 1 aromatic rings. The second kappa shape index (κ2) is 6.39. The van der Waals surface area contributed by atoms with Crippen molar-refractivity contribution in [2.24, 2.45) is 5.41 Å². The molecule has 0 amide bonds. The van der Waals surface area contributed by atoms with Crippen molar-refractivity contribution in [2.75, 3.05) is 20.2 Å². The lowest BCUT2D eigenvalue weighted by atomic mass is 9.88. The zero-order chi connectivity index (χ0) is 12.9. The van der Waals surface area contributed by atoms with E-state index < -0.39 is 0 Å². The predicted molar refractivity (Wildman–Crippen MR) is 73.3 cm³/mol. The molecule has 0 aromatic heterocycles. The summed E-state index contributed by atoms with van der Waals surface area (Å²) in [5.41, 5.74) is 1.23. The second-order valence-corrected chi connectivity index (χ2v) is 5.56. The molecule has 1 rings (SSSR count). The Labute approximate surface area is 109 Å². The topological polar surface area (TPSA) is 23.5 Å². The quantitative estimate of drug-likeness (QED) is 0.844. The van der Waals surface area contributed by atoms with Crippen LogP contribution in [0.15, 0.2) is 24.3 Å². The van der Waals surface area contributed by atoms with Gasteiger partial charge in [0.2, 0.25) is 0 Å². The fourth-order valence-electron chi connectivity index (χ4n) is 1.88. The van der Waals surface area contributed by atoms with Gasteiger partial charge in [0.15, 0.2) is 0 Å². The number of hydrogen-bond donors (Lipinski definition) is 1. The van der Waals surface area contributed by atoms with Crippen molar-refractivity contribution < 1.29 is 5.11 Å². The number of aliphatic hydroxyl groups is 1. The molecule has 1 N–H and O–H groups in total. The molecule has 1 unspecified atom stereocenters. The molecule has 0 saturated carbocycles. The normalized spacial score (nSPS) is 14.9. The standard InChI is InChI=1S/C14H22ClNO/c1-4-14(2,11-17)10-16(3)9-12-5-7-13(15)8-6-12/h5-8,17H,4,9-11H2,1-3H3. The van der Waals surface area contributed by atoms with Crippen LogP contribution in [0.1, 0.15) is 25.8 Å². The third-order valence-electron chi connectivity index (χ3n) is 3.25. The fraction of sp³-hybridized carbons (Fsp3) is 0.571. The monoisotopic (exact) mass is 255 g/mol. The smallest absolute Gasteiger partial charge is 0.0496 e. The van der Waals surface area contributed by atoms with Gasteiger partial charge >= 0.3 is 0 Å². The van der Waals surface area contributed by atoms with E-state index >= 15 is 0 Å². The minimum atomic E-state index is -0.0127. The van der Waals surface area contributed by atoms with Crippen LogP contribution >= 0.6 is 11.6 Å². The van der Waals surface area contributed by atoms with Crippen LogP contribution in [0.2, 0.25) is 5.02 Å². The number of rotatable bonds is 6. The molecule has 17 heavy (non-hydrogen) atoms. The van der Waals surface area contributed by atoms with Gasteiger partial charge in [-0.05, 0) is 31.2 Å². The molecular formula is C14H22ClNO. The first-order chi connectivity index (χ1) is 7.99. The molecular weight excluding hydrogens is 234 g/mol. The molecule has 0 aliphatic rings. The number of aliphatic hydroxyl groups excluding tert-OH is 1. The summed E-state index contributed by atoms with van der Waals surface area (Å²) in [5, 5.41) is 10.2. The van der Waals surface area contributed by atoms with Crippen LogP contribution < -0.4 is 0 Å². The fourth-order valence-corrected chi connectivity index (χ4v) is 2.01. The van der Waals surface area contributed by atoms with Crippen LogP contribution in [0, 0.1) is 5.41 Å². The van der Waals surface area contributed by atoms with Gasteiger partial charge in [-0.3, -0.25) is 0 Å². The van der Waals surface area contributed by atoms with Crippen LogP contribution in [0.25, 0.3) is 0 Å². The van der Waals surface area contributed by atoms with Crippen molar-refractivity contribution in [1.82, 2.24) is 4.90 Å². The summed E-state index contributed by atoms with van der Waals surface area (Å²) in [6.45, 7) is 6.24. The largest absolute Gasteiger partial charge is 0.396 e. The third kappa shape index (κ3) is 4.66. The van der Waals surface area contributed by atoms with E-state index in [9.17, 15) is 5.11 Å². The first-order valence-corrected chi connectivity index (χ1v) is 6.41. The Kier molecular flexibility index (Phi) is 5.44. The summed E-state index contributed by atoms with van der Waals surface area (Å²) in [7, 11) is 2.08. The van der Waals surface area contributed by atoms with Crippen LogP contribution in [-0.2, 0) is 6.54 Å². The first-order valence-electron chi connectivity index (χ1n) is 6.03. The Morgan fingerprint density at radius 1 is 1.29 bits per heavy atom. The van der Waals surface area contributed by atoms with Gasteiger partial charge in [-0.2, -0.15) is 0 Å². The van der Waals surface area contributed by atoms with Crippen molar-refractivity contribution >= 4 is 11.6 Å². The maximum Gasteiger partial charge on any atom is 0.0496 e. The molecule has 0 spiro atoms. The second-order valence-electron chi connectivity index (χ2n) is 5.12. The van der Waals surface area contributed by atoms with Gasteiger partial charge in [0.25, 0.3) is 0 Å². The summed E-state index contributed by atoms with van der Waals surface area (Å²) in [5.74, 6) is 0. The van der Waals surface area contributed by atoms with E-state index in [4.69, 9.17) is 11.6 Å². The molecule has 0 aliphatic carbocycles. The maximum atomic E-state index is 9.39. The van der Waals surface area contributed by atoms with Crippen LogP contribution in [-0.4, -0.2) is 30.2 Å². The van der Waals surface area contributed by atoms with Gasteiger partial charge in [0, 0.05) is 30.1 Å². The molecule has 0 heterocycles. The first kappa shape index (κ1) is 14.5. The van der Waals surface area contributed by atoms with Crippen molar-refractivity contribution in [2.45, 2.75) is 26.8 Å². The number of halogens is 1. The highest BCUT2D eigenvalue weighted by Gasteiger charge is 2.22. The lowest BCUT2D eigenvalue weighted by Gasteiger charge is -2.31. The average molecular weight is 256 g/mol. The Balaban J connectivity index is 2.54. The maximum absolute atomic E-state index is 9.39. The highest BCUT2D eigenvalue weighted by atomic mass is 35.5. The summed E-state index contributed by atoms with van der Waals surface area (Å²) in [6, 6.07) is 7.91. The van der Waals surface area contributed by atoms with E-state index in [1.54, 1.807) is 0 Å². The molecule has 96 valence electrons. The zero-order valence-electron chi connectivity index (χ0n) is 10.9. The molecule has 0 fully saturated rings. The van der Waals surface area contributed by atoms with E-state index in [2.05, 4.69) is 25.8 Å². The number of hydrogen-bond acceptors (Lipinski definition) is 2. The van der Waals surface area contributed by atoms with Crippen molar-refractivity contribution in [1.29, 1.82) is 0 Å². The van der Waals surface area contributed by atoms with E-state index in [0.717, 1.165) is 24.5 Å². The highest BCUT2D eigenvalue weighted by molar-refractivity contribution is 6.30. The molecule has 2 nitrogen and oxygen atoms in total.